The number of aromatic nitrogens is 2. The Balaban J connectivity index is 2.43. The van der Waals surface area contributed by atoms with Crippen molar-refractivity contribution in [2.75, 3.05) is 0 Å². The molecule has 3 heteroatoms. The lowest BCUT2D eigenvalue weighted by atomic mass is 10.3. The molecule has 0 atom stereocenters. The molecule has 0 spiro atoms. The lowest BCUT2D eigenvalue weighted by Crippen LogP contribution is -1.70. The van der Waals surface area contributed by atoms with E-state index < -0.39 is 0 Å². The van der Waals surface area contributed by atoms with Gasteiger partial charge in [-0.2, -0.15) is 5.10 Å². The van der Waals surface area contributed by atoms with Crippen molar-refractivity contribution in [2.45, 2.75) is 13.8 Å². The van der Waals surface area contributed by atoms with Gasteiger partial charge < -0.3 is 0 Å². The van der Waals surface area contributed by atoms with Gasteiger partial charge in [0.25, 0.3) is 0 Å². The summed E-state index contributed by atoms with van der Waals surface area (Å²) >= 11 is 1.77. The Bertz CT molecular complexity index is 348. The van der Waals surface area contributed by atoms with Crippen LogP contribution in [0.15, 0.2) is 18.2 Å². The average molecular weight is 178 g/mol. The van der Waals surface area contributed by atoms with Gasteiger partial charge in [-0.05, 0) is 32.0 Å². The molecule has 0 aliphatic carbocycles. The van der Waals surface area contributed by atoms with E-state index in [2.05, 4.69) is 35.3 Å². The highest BCUT2D eigenvalue weighted by Gasteiger charge is 2.02. The first-order chi connectivity index (χ1) is 5.75. The Morgan fingerprint density at radius 1 is 1.33 bits per heavy atom. The van der Waals surface area contributed by atoms with Crippen LogP contribution < -0.4 is 0 Å². The van der Waals surface area contributed by atoms with Crippen molar-refractivity contribution in [1.29, 1.82) is 0 Å². The lowest BCUT2D eigenvalue weighted by Gasteiger charge is -1.84. The van der Waals surface area contributed by atoms with E-state index in [4.69, 9.17) is 0 Å². The summed E-state index contributed by atoms with van der Waals surface area (Å²) in [7, 11) is 0. The summed E-state index contributed by atoms with van der Waals surface area (Å²) in [5, 5.41) is 7.12. The molecule has 1 N–H and O–H groups in total. The van der Waals surface area contributed by atoms with Crippen LogP contribution in [0.4, 0.5) is 0 Å². The summed E-state index contributed by atoms with van der Waals surface area (Å²) in [4.78, 5) is 2.56. The van der Waals surface area contributed by atoms with Gasteiger partial charge in [-0.3, -0.25) is 5.10 Å². The number of H-pyrrole nitrogens is 1. The molecule has 0 aliphatic rings. The van der Waals surface area contributed by atoms with Crippen LogP contribution in [0.5, 0.6) is 0 Å². The first-order valence-electron chi connectivity index (χ1n) is 3.84. The summed E-state index contributed by atoms with van der Waals surface area (Å²) in [6.07, 6.45) is 0. The molecule has 62 valence electrons. The van der Waals surface area contributed by atoms with Gasteiger partial charge >= 0.3 is 0 Å². The van der Waals surface area contributed by atoms with Gasteiger partial charge in [0.05, 0.1) is 4.88 Å². The van der Waals surface area contributed by atoms with Crippen LogP contribution in [-0.4, -0.2) is 10.2 Å². The molecular weight excluding hydrogens is 168 g/mol. The van der Waals surface area contributed by atoms with Gasteiger partial charge in [0.15, 0.2) is 0 Å². The Kier molecular flexibility index (Phi) is 1.73. The average Bonchev–Trinajstić information content (AvgIpc) is 2.58. The van der Waals surface area contributed by atoms with Crippen molar-refractivity contribution in [1.82, 2.24) is 10.2 Å². The zero-order valence-electron chi connectivity index (χ0n) is 7.09. The molecule has 2 nitrogen and oxygen atoms in total. The predicted octanol–water partition coefficient (Wildman–Crippen LogP) is 2.76. The smallest absolute Gasteiger partial charge is 0.102 e. The third-order valence-corrected chi connectivity index (χ3v) is 2.72. The highest BCUT2D eigenvalue weighted by molar-refractivity contribution is 7.15. The first-order valence-corrected chi connectivity index (χ1v) is 4.66. The predicted molar refractivity (Wildman–Crippen MR) is 51.4 cm³/mol. The summed E-state index contributed by atoms with van der Waals surface area (Å²) in [5.74, 6) is 0. The second-order valence-electron chi connectivity index (χ2n) is 2.85. The number of aromatic amines is 1. The van der Waals surface area contributed by atoms with Gasteiger partial charge in [-0.1, -0.05) is 0 Å². The molecule has 0 bridgehead atoms. The Morgan fingerprint density at radius 3 is 2.67 bits per heavy atom. The standard InChI is InChI=1S/C9H10N2S/c1-6-5-8(11-10-6)9-4-3-7(2)12-9/h3-5H,1-2H3,(H,10,11). The van der Waals surface area contributed by atoms with E-state index in [9.17, 15) is 0 Å². The van der Waals surface area contributed by atoms with Crippen LogP contribution in [0.25, 0.3) is 10.6 Å². The van der Waals surface area contributed by atoms with E-state index in [0.29, 0.717) is 0 Å². The van der Waals surface area contributed by atoms with Gasteiger partial charge in [-0.15, -0.1) is 11.3 Å². The molecular formula is C9H10N2S. The molecule has 0 saturated heterocycles. The Labute approximate surface area is 75.3 Å². The summed E-state index contributed by atoms with van der Waals surface area (Å²) in [6.45, 7) is 4.12. The van der Waals surface area contributed by atoms with E-state index in [1.54, 1.807) is 11.3 Å². The normalized spacial score (nSPS) is 10.5. The minimum atomic E-state index is 1.05. The van der Waals surface area contributed by atoms with Crippen molar-refractivity contribution in [2.24, 2.45) is 0 Å². The Hall–Kier alpha value is -1.09. The fraction of sp³-hybridized carbons (Fsp3) is 0.222. The summed E-state index contributed by atoms with van der Waals surface area (Å²) in [5.41, 5.74) is 2.15. The quantitative estimate of drug-likeness (QED) is 0.714. The van der Waals surface area contributed by atoms with Crippen LogP contribution in [-0.2, 0) is 0 Å². The zero-order valence-corrected chi connectivity index (χ0v) is 7.90. The molecule has 0 amide bonds. The van der Waals surface area contributed by atoms with Crippen LogP contribution in [0.3, 0.4) is 0 Å². The van der Waals surface area contributed by atoms with Gasteiger partial charge in [0, 0.05) is 10.6 Å². The molecule has 0 unspecified atom stereocenters. The molecule has 12 heavy (non-hydrogen) atoms. The molecule has 0 aromatic carbocycles. The fourth-order valence-corrected chi connectivity index (χ4v) is 1.94. The van der Waals surface area contributed by atoms with Gasteiger partial charge in [-0.25, -0.2) is 0 Å². The Morgan fingerprint density at radius 2 is 2.17 bits per heavy atom. The third kappa shape index (κ3) is 1.28. The maximum Gasteiger partial charge on any atom is 0.102 e. The molecule has 2 aromatic heterocycles. The number of thiophene rings is 1. The van der Waals surface area contributed by atoms with Gasteiger partial charge in [0.2, 0.25) is 0 Å². The second kappa shape index (κ2) is 2.75. The fourth-order valence-electron chi connectivity index (χ4n) is 1.12. The van der Waals surface area contributed by atoms with E-state index in [0.717, 1.165) is 11.4 Å². The van der Waals surface area contributed by atoms with E-state index in [1.165, 1.54) is 9.75 Å². The maximum atomic E-state index is 4.18. The lowest BCUT2D eigenvalue weighted by molar-refractivity contribution is 1.05. The molecule has 0 aliphatic heterocycles. The zero-order chi connectivity index (χ0) is 8.55. The van der Waals surface area contributed by atoms with Crippen LogP contribution in [0.1, 0.15) is 10.6 Å². The van der Waals surface area contributed by atoms with Crippen LogP contribution in [0.2, 0.25) is 0 Å². The number of rotatable bonds is 1. The second-order valence-corrected chi connectivity index (χ2v) is 4.13. The van der Waals surface area contributed by atoms with Crippen molar-refractivity contribution < 1.29 is 0 Å². The van der Waals surface area contributed by atoms with Crippen LogP contribution in [0, 0.1) is 13.8 Å². The number of hydrogen-bond donors (Lipinski definition) is 1. The molecule has 0 radical (unpaired) electrons. The molecule has 2 heterocycles. The highest BCUT2D eigenvalue weighted by Crippen LogP contribution is 2.25. The monoisotopic (exact) mass is 178 g/mol. The van der Waals surface area contributed by atoms with Crippen molar-refractivity contribution in [3.05, 3.63) is 28.8 Å². The number of nitrogens with one attached hydrogen (secondary N) is 1. The van der Waals surface area contributed by atoms with Crippen molar-refractivity contribution in [3.8, 4) is 10.6 Å². The summed E-state index contributed by atoms with van der Waals surface area (Å²) in [6, 6.07) is 6.28. The molecule has 0 saturated carbocycles. The molecule has 0 fully saturated rings. The molecule has 2 aromatic rings. The first kappa shape index (κ1) is 7.55. The highest BCUT2D eigenvalue weighted by atomic mass is 32.1. The van der Waals surface area contributed by atoms with Crippen LogP contribution >= 0.6 is 11.3 Å². The number of hydrogen-bond acceptors (Lipinski definition) is 2. The number of nitrogens with zero attached hydrogens (tertiary/aromatic N) is 1. The van der Waals surface area contributed by atoms with Crippen molar-refractivity contribution in [3.63, 3.8) is 0 Å². The summed E-state index contributed by atoms with van der Waals surface area (Å²) < 4.78 is 0. The minimum Gasteiger partial charge on any atom is -0.282 e. The van der Waals surface area contributed by atoms with Crippen molar-refractivity contribution >= 4 is 11.3 Å². The molecule has 2 rings (SSSR count). The number of aryl methyl sites for hydroxylation is 2. The van der Waals surface area contributed by atoms with E-state index >= 15 is 0 Å². The maximum absolute atomic E-state index is 4.18. The minimum absolute atomic E-state index is 1.05. The van der Waals surface area contributed by atoms with E-state index in [1.807, 2.05) is 6.92 Å². The third-order valence-electron chi connectivity index (χ3n) is 1.70. The van der Waals surface area contributed by atoms with E-state index in [-0.39, 0.29) is 0 Å². The largest absolute Gasteiger partial charge is 0.282 e. The van der Waals surface area contributed by atoms with Gasteiger partial charge in [0.1, 0.15) is 5.69 Å². The SMILES string of the molecule is Cc1cc(-c2ccc(C)s2)n[nH]1. The topological polar surface area (TPSA) is 28.7 Å².